The first-order chi connectivity index (χ1) is 13.9. The zero-order valence-corrected chi connectivity index (χ0v) is 17.6. The van der Waals surface area contributed by atoms with Gasteiger partial charge in [0.1, 0.15) is 26.8 Å². The number of aromatic amines is 1. The van der Waals surface area contributed by atoms with Crippen molar-refractivity contribution < 1.29 is 8.42 Å². The molecule has 3 aromatic heterocycles. The van der Waals surface area contributed by atoms with Crippen LogP contribution in [0.5, 0.6) is 0 Å². The number of nitriles is 1. The highest BCUT2D eigenvalue weighted by atomic mass is 32.2. The highest BCUT2D eigenvalue weighted by molar-refractivity contribution is 7.90. The maximum atomic E-state index is 11.8. The van der Waals surface area contributed by atoms with E-state index in [4.69, 9.17) is 10.2 Å². The largest absolute Gasteiger partial charge is 0.346 e. The molecule has 0 amide bonds. The number of fused-ring (bicyclic) bond motifs is 3. The fraction of sp³-hybridized carbons (Fsp3) is 0.550. The van der Waals surface area contributed by atoms with Gasteiger partial charge in [-0.25, -0.2) is 18.4 Å². The number of imidazole rings is 1. The maximum absolute atomic E-state index is 11.8. The van der Waals surface area contributed by atoms with Gasteiger partial charge in [0.25, 0.3) is 0 Å². The number of nitrogens with one attached hydrogen (secondary N) is 1. The maximum Gasteiger partial charge on any atom is 0.147 e. The lowest BCUT2D eigenvalue weighted by molar-refractivity contribution is 0.145. The van der Waals surface area contributed by atoms with Gasteiger partial charge >= 0.3 is 0 Å². The first kappa shape index (κ1) is 19.9. The second-order valence-electron chi connectivity index (χ2n) is 7.99. The average Bonchev–Trinajstić information content (AvgIpc) is 3.30. The van der Waals surface area contributed by atoms with Crippen LogP contribution in [0, 0.1) is 11.3 Å². The highest BCUT2D eigenvalue weighted by Gasteiger charge is 2.27. The molecule has 1 unspecified atom stereocenters. The molecule has 8 nitrogen and oxygen atoms in total. The van der Waals surface area contributed by atoms with Gasteiger partial charge in [0.15, 0.2) is 0 Å². The van der Waals surface area contributed by atoms with E-state index in [-0.39, 0.29) is 17.8 Å². The molecular formula is C20H26N6O2S. The summed E-state index contributed by atoms with van der Waals surface area (Å²) in [5, 5.41) is 10.00. The third-order valence-electron chi connectivity index (χ3n) is 5.88. The molecule has 0 aromatic carbocycles. The van der Waals surface area contributed by atoms with E-state index < -0.39 is 9.84 Å². The number of hydrogen-bond acceptors (Lipinski definition) is 6. The topological polar surface area (TPSA) is 108 Å². The van der Waals surface area contributed by atoms with Gasteiger partial charge in [0.2, 0.25) is 0 Å². The quantitative estimate of drug-likeness (QED) is 0.664. The number of rotatable bonds is 6. The van der Waals surface area contributed by atoms with Crippen LogP contribution in [0.4, 0.5) is 0 Å². The predicted octanol–water partition coefficient (Wildman–Crippen LogP) is 2.44. The standard InChI is InChI=1S/C20H26N6O2S/c1-14(3-8-21)25-10-5-15(6-11-25)26-18(7-12-29(2,27)28)24-17-13-23-20-16(19(17)26)4-9-22-20/h4,9,13-15H,3,5-7,10-12H2,1-2H3,(H,22,23). The van der Waals surface area contributed by atoms with Crippen molar-refractivity contribution in [2.45, 2.75) is 44.7 Å². The number of H-pyrrole nitrogens is 1. The molecule has 1 aliphatic heterocycles. The normalized spacial score (nSPS) is 17.7. The number of aryl methyl sites for hydroxylation is 1. The molecule has 0 bridgehead atoms. The molecule has 9 heteroatoms. The van der Waals surface area contributed by atoms with Crippen LogP contribution in [0.25, 0.3) is 22.1 Å². The molecule has 0 spiro atoms. The number of pyridine rings is 1. The van der Waals surface area contributed by atoms with Crippen molar-refractivity contribution in [3.05, 3.63) is 24.3 Å². The van der Waals surface area contributed by atoms with Crippen LogP contribution in [-0.4, -0.2) is 64.0 Å². The Labute approximate surface area is 170 Å². The summed E-state index contributed by atoms with van der Waals surface area (Å²) in [5.41, 5.74) is 2.65. The summed E-state index contributed by atoms with van der Waals surface area (Å²) in [4.78, 5) is 14.7. The minimum Gasteiger partial charge on any atom is -0.346 e. The highest BCUT2D eigenvalue weighted by Crippen LogP contribution is 2.33. The predicted molar refractivity (Wildman–Crippen MR) is 112 cm³/mol. The lowest BCUT2D eigenvalue weighted by atomic mass is 10.0. The Hall–Kier alpha value is -2.44. The third kappa shape index (κ3) is 4.00. The molecule has 0 aliphatic carbocycles. The van der Waals surface area contributed by atoms with Crippen molar-refractivity contribution in [3.8, 4) is 6.07 Å². The van der Waals surface area contributed by atoms with Crippen molar-refractivity contribution in [3.63, 3.8) is 0 Å². The Balaban J connectivity index is 1.71. The summed E-state index contributed by atoms with van der Waals surface area (Å²) >= 11 is 0. The van der Waals surface area contributed by atoms with Crippen molar-refractivity contribution in [2.24, 2.45) is 0 Å². The minimum atomic E-state index is -3.08. The summed E-state index contributed by atoms with van der Waals surface area (Å²) in [5.74, 6) is 0.891. The molecule has 154 valence electrons. The Morgan fingerprint density at radius 2 is 2.14 bits per heavy atom. The fourth-order valence-electron chi connectivity index (χ4n) is 4.33. The molecule has 1 fully saturated rings. The van der Waals surface area contributed by atoms with E-state index in [1.54, 1.807) is 6.20 Å². The number of likely N-dealkylation sites (tertiary alicyclic amines) is 1. The summed E-state index contributed by atoms with van der Waals surface area (Å²) in [6, 6.07) is 4.77. The summed E-state index contributed by atoms with van der Waals surface area (Å²) in [7, 11) is -3.08. The summed E-state index contributed by atoms with van der Waals surface area (Å²) in [6.07, 6.45) is 7.72. The Morgan fingerprint density at radius 3 is 2.83 bits per heavy atom. The zero-order chi connectivity index (χ0) is 20.6. The molecule has 1 aliphatic rings. The van der Waals surface area contributed by atoms with Crippen LogP contribution < -0.4 is 0 Å². The lowest BCUT2D eigenvalue weighted by Gasteiger charge is -2.36. The molecule has 29 heavy (non-hydrogen) atoms. The smallest absolute Gasteiger partial charge is 0.147 e. The monoisotopic (exact) mass is 414 g/mol. The van der Waals surface area contributed by atoms with Gasteiger partial charge in [0, 0.05) is 49.4 Å². The van der Waals surface area contributed by atoms with E-state index in [0.29, 0.717) is 12.8 Å². The minimum absolute atomic E-state index is 0.0814. The zero-order valence-electron chi connectivity index (χ0n) is 16.8. The SMILES string of the molecule is CC(CC#N)N1CCC(n2c(CCS(C)(=O)=O)nc3cnc4[nH]ccc4c32)CC1. The van der Waals surface area contributed by atoms with Crippen LogP contribution in [0.1, 0.15) is 38.1 Å². The molecule has 4 heterocycles. The molecule has 1 N–H and O–H groups in total. The van der Waals surface area contributed by atoms with E-state index in [2.05, 4.69) is 32.4 Å². The lowest BCUT2D eigenvalue weighted by Crippen LogP contribution is -2.40. The van der Waals surface area contributed by atoms with Crippen LogP contribution in [0.3, 0.4) is 0 Å². The summed E-state index contributed by atoms with van der Waals surface area (Å²) < 4.78 is 25.8. The van der Waals surface area contributed by atoms with Crippen LogP contribution >= 0.6 is 0 Å². The molecular weight excluding hydrogens is 388 g/mol. The Kier molecular flexibility index (Phi) is 5.32. The second kappa shape index (κ2) is 7.76. The Morgan fingerprint density at radius 1 is 1.38 bits per heavy atom. The van der Waals surface area contributed by atoms with Crippen molar-refractivity contribution in [1.29, 1.82) is 5.26 Å². The number of piperidine rings is 1. The van der Waals surface area contributed by atoms with Crippen LogP contribution in [0.2, 0.25) is 0 Å². The van der Waals surface area contributed by atoms with E-state index in [1.165, 1.54) is 6.26 Å². The van der Waals surface area contributed by atoms with E-state index in [9.17, 15) is 8.42 Å². The van der Waals surface area contributed by atoms with Gasteiger partial charge in [-0.05, 0) is 25.8 Å². The van der Waals surface area contributed by atoms with Gasteiger partial charge in [-0.15, -0.1) is 0 Å². The molecule has 3 aromatic rings. The van der Waals surface area contributed by atoms with Crippen molar-refractivity contribution in [1.82, 2.24) is 24.4 Å². The van der Waals surface area contributed by atoms with E-state index in [0.717, 1.165) is 53.8 Å². The van der Waals surface area contributed by atoms with Gasteiger partial charge in [-0.3, -0.25) is 4.90 Å². The van der Waals surface area contributed by atoms with Gasteiger partial charge in [-0.1, -0.05) is 0 Å². The first-order valence-electron chi connectivity index (χ1n) is 9.99. The molecule has 1 atom stereocenters. The molecule has 1 saturated heterocycles. The number of nitrogens with zero attached hydrogens (tertiary/aromatic N) is 5. The van der Waals surface area contributed by atoms with Crippen LogP contribution in [0.15, 0.2) is 18.5 Å². The molecule has 0 saturated carbocycles. The second-order valence-corrected chi connectivity index (χ2v) is 10.2. The van der Waals surface area contributed by atoms with Gasteiger partial charge in [-0.2, -0.15) is 5.26 Å². The van der Waals surface area contributed by atoms with Crippen molar-refractivity contribution in [2.75, 3.05) is 25.1 Å². The fourth-order valence-corrected chi connectivity index (χ4v) is 4.89. The van der Waals surface area contributed by atoms with Gasteiger partial charge < -0.3 is 9.55 Å². The van der Waals surface area contributed by atoms with Crippen LogP contribution in [-0.2, 0) is 16.3 Å². The number of hydrogen-bond donors (Lipinski definition) is 1. The number of aromatic nitrogens is 4. The summed E-state index contributed by atoms with van der Waals surface area (Å²) in [6.45, 7) is 3.93. The Bertz CT molecular complexity index is 1160. The van der Waals surface area contributed by atoms with E-state index >= 15 is 0 Å². The van der Waals surface area contributed by atoms with Crippen molar-refractivity contribution >= 4 is 31.9 Å². The molecule has 4 rings (SSSR count). The van der Waals surface area contributed by atoms with Gasteiger partial charge in [0.05, 0.1) is 30.0 Å². The first-order valence-corrected chi connectivity index (χ1v) is 12.0. The third-order valence-corrected chi connectivity index (χ3v) is 6.82. The molecule has 0 radical (unpaired) electrons. The number of sulfone groups is 1. The van der Waals surface area contributed by atoms with E-state index in [1.807, 2.05) is 12.3 Å². The average molecular weight is 415 g/mol.